The standard InChI is InChI=1S/C14H17N5O2/c1-11(21-12-3-2-4-15-8-12)7-17-10-14(20)19-13-9-16-5-6-18-13/h2-6,8-9,11,17H,7,10H2,1H3,(H,18,19,20)/t11-/m1/s1. The molecule has 0 fully saturated rings. The lowest BCUT2D eigenvalue weighted by Gasteiger charge is -2.14. The summed E-state index contributed by atoms with van der Waals surface area (Å²) in [5.74, 6) is 0.962. The molecule has 7 nitrogen and oxygen atoms in total. The third kappa shape index (κ3) is 5.53. The highest BCUT2D eigenvalue weighted by Crippen LogP contribution is 2.08. The van der Waals surface area contributed by atoms with Gasteiger partial charge in [-0.2, -0.15) is 0 Å². The monoisotopic (exact) mass is 287 g/mol. The van der Waals surface area contributed by atoms with Gasteiger partial charge in [0.1, 0.15) is 11.9 Å². The summed E-state index contributed by atoms with van der Waals surface area (Å²) in [4.78, 5) is 23.5. The van der Waals surface area contributed by atoms with E-state index in [0.29, 0.717) is 18.1 Å². The molecule has 0 aliphatic carbocycles. The van der Waals surface area contributed by atoms with Gasteiger partial charge in [-0.25, -0.2) is 4.98 Å². The number of hydrogen-bond acceptors (Lipinski definition) is 6. The van der Waals surface area contributed by atoms with Crippen LogP contribution in [-0.4, -0.2) is 40.1 Å². The van der Waals surface area contributed by atoms with Crippen molar-refractivity contribution in [1.29, 1.82) is 0 Å². The van der Waals surface area contributed by atoms with Gasteiger partial charge < -0.3 is 15.4 Å². The molecule has 0 saturated heterocycles. The van der Waals surface area contributed by atoms with Gasteiger partial charge in [-0.05, 0) is 19.1 Å². The molecule has 2 aromatic heterocycles. The molecule has 7 heteroatoms. The van der Waals surface area contributed by atoms with Crippen molar-refractivity contribution in [3.8, 4) is 5.75 Å². The van der Waals surface area contributed by atoms with Gasteiger partial charge >= 0.3 is 0 Å². The Morgan fingerprint density at radius 1 is 1.29 bits per heavy atom. The lowest BCUT2D eigenvalue weighted by Crippen LogP contribution is -2.35. The van der Waals surface area contributed by atoms with Crippen LogP contribution >= 0.6 is 0 Å². The molecule has 0 aliphatic heterocycles. The third-order valence-corrected chi connectivity index (χ3v) is 2.52. The maximum atomic E-state index is 11.7. The molecule has 2 heterocycles. The predicted octanol–water partition coefficient (Wildman–Crippen LogP) is 0.867. The minimum absolute atomic E-state index is 0.0708. The fourth-order valence-electron chi connectivity index (χ4n) is 1.63. The van der Waals surface area contributed by atoms with Crippen molar-refractivity contribution in [2.45, 2.75) is 13.0 Å². The van der Waals surface area contributed by atoms with Crippen molar-refractivity contribution in [3.63, 3.8) is 0 Å². The number of nitrogens with zero attached hydrogens (tertiary/aromatic N) is 3. The fraction of sp³-hybridized carbons (Fsp3) is 0.286. The van der Waals surface area contributed by atoms with E-state index >= 15 is 0 Å². The number of hydrogen-bond donors (Lipinski definition) is 2. The predicted molar refractivity (Wildman–Crippen MR) is 77.9 cm³/mol. The molecule has 110 valence electrons. The topological polar surface area (TPSA) is 89.0 Å². The van der Waals surface area contributed by atoms with Gasteiger partial charge in [0.2, 0.25) is 5.91 Å². The van der Waals surface area contributed by atoms with Crippen LogP contribution in [0.15, 0.2) is 43.1 Å². The lowest BCUT2D eigenvalue weighted by molar-refractivity contribution is -0.115. The number of aromatic nitrogens is 3. The van der Waals surface area contributed by atoms with Gasteiger partial charge in [-0.3, -0.25) is 14.8 Å². The van der Waals surface area contributed by atoms with E-state index in [1.807, 2.05) is 19.1 Å². The number of carbonyl (C=O) groups is 1. The number of amides is 1. The van der Waals surface area contributed by atoms with E-state index in [9.17, 15) is 4.79 Å². The summed E-state index contributed by atoms with van der Waals surface area (Å²) in [7, 11) is 0. The van der Waals surface area contributed by atoms with Crippen LogP contribution in [0, 0.1) is 0 Å². The van der Waals surface area contributed by atoms with Gasteiger partial charge in [0.15, 0.2) is 5.82 Å². The average molecular weight is 287 g/mol. The number of pyridine rings is 1. The molecule has 0 aliphatic rings. The Balaban J connectivity index is 1.66. The third-order valence-electron chi connectivity index (χ3n) is 2.52. The van der Waals surface area contributed by atoms with Crippen LogP contribution < -0.4 is 15.4 Å². The molecule has 1 atom stereocenters. The van der Waals surface area contributed by atoms with Crippen LogP contribution in [0.3, 0.4) is 0 Å². The maximum Gasteiger partial charge on any atom is 0.239 e. The lowest BCUT2D eigenvalue weighted by atomic mass is 10.3. The van der Waals surface area contributed by atoms with Gasteiger partial charge in [0.05, 0.1) is 18.9 Å². The molecule has 0 radical (unpaired) electrons. The van der Waals surface area contributed by atoms with E-state index in [1.54, 1.807) is 18.6 Å². The van der Waals surface area contributed by atoms with Crippen LogP contribution in [-0.2, 0) is 4.79 Å². The largest absolute Gasteiger partial charge is 0.488 e. The first kappa shape index (κ1) is 14.9. The first-order valence-corrected chi connectivity index (χ1v) is 6.57. The summed E-state index contributed by atoms with van der Waals surface area (Å²) in [6, 6.07) is 3.65. The van der Waals surface area contributed by atoms with Gasteiger partial charge in [0, 0.05) is 25.1 Å². The summed E-state index contributed by atoms with van der Waals surface area (Å²) < 4.78 is 5.64. The molecule has 2 N–H and O–H groups in total. The highest BCUT2D eigenvalue weighted by atomic mass is 16.5. The molecule has 0 bridgehead atoms. The van der Waals surface area contributed by atoms with Crippen molar-refractivity contribution in [1.82, 2.24) is 20.3 Å². The van der Waals surface area contributed by atoms with E-state index in [-0.39, 0.29) is 18.6 Å². The number of anilines is 1. The van der Waals surface area contributed by atoms with Crippen LogP contribution in [0.4, 0.5) is 5.82 Å². The Bertz CT molecular complexity index is 550. The van der Waals surface area contributed by atoms with Crippen molar-refractivity contribution in [2.75, 3.05) is 18.4 Å². The Morgan fingerprint density at radius 2 is 2.14 bits per heavy atom. The first-order chi connectivity index (χ1) is 10.2. The van der Waals surface area contributed by atoms with Crippen LogP contribution in [0.5, 0.6) is 5.75 Å². The SMILES string of the molecule is C[C@H](CNCC(=O)Nc1cnccn1)Oc1cccnc1. The number of carbonyl (C=O) groups excluding carboxylic acids is 1. The molecule has 0 unspecified atom stereocenters. The Kier molecular flexibility index (Phi) is 5.60. The molecule has 1 amide bonds. The van der Waals surface area contributed by atoms with Crippen LogP contribution in [0.25, 0.3) is 0 Å². The molecule has 2 rings (SSSR count). The molecule has 2 aromatic rings. The highest BCUT2D eigenvalue weighted by Gasteiger charge is 2.06. The summed E-state index contributed by atoms with van der Waals surface area (Å²) in [5.41, 5.74) is 0. The maximum absolute atomic E-state index is 11.7. The Morgan fingerprint density at radius 3 is 2.86 bits per heavy atom. The number of nitrogens with one attached hydrogen (secondary N) is 2. The van der Waals surface area contributed by atoms with Gasteiger partial charge in [0.25, 0.3) is 0 Å². The summed E-state index contributed by atoms with van der Waals surface area (Å²) in [5, 5.41) is 5.66. The second kappa shape index (κ2) is 7.91. The highest BCUT2D eigenvalue weighted by molar-refractivity contribution is 5.91. The van der Waals surface area contributed by atoms with E-state index in [0.717, 1.165) is 0 Å². The molecule has 0 saturated carbocycles. The van der Waals surface area contributed by atoms with Crippen LogP contribution in [0.2, 0.25) is 0 Å². The number of rotatable bonds is 7. The smallest absolute Gasteiger partial charge is 0.239 e. The minimum atomic E-state index is -0.177. The van der Waals surface area contributed by atoms with Crippen molar-refractivity contribution < 1.29 is 9.53 Å². The van der Waals surface area contributed by atoms with Crippen LogP contribution in [0.1, 0.15) is 6.92 Å². The van der Waals surface area contributed by atoms with E-state index in [1.165, 1.54) is 12.4 Å². The Labute approximate surface area is 122 Å². The fourth-order valence-corrected chi connectivity index (χ4v) is 1.63. The zero-order chi connectivity index (χ0) is 14.9. The van der Waals surface area contributed by atoms with Gasteiger partial charge in [-0.1, -0.05) is 0 Å². The second-order valence-corrected chi connectivity index (χ2v) is 4.39. The second-order valence-electron chi connectivity index (χ2n) is 4.39. The zero-order valence-electron chi connectivity index (χ0n) is 11.7. The normalized spacial score (nSPS) is 11.7. The quantitative estimate of drug-likeness (QED) is 0.785. The molecule has 0 aromatic carbocycles. The van der Waals surface area contributed by atoms with E-state index in [4.69, 9.17) is 4.74 Å². The van der Waals surface area contributed by atoms with Crippen molar-refractivity contribution >= 4 is 11.7 Å². The average Bonchev–Trinajstić information content (AvgIpc) is 2.49. The zero-order valence-corrected chi connectivity index (χ0v) is 11.7. The molecule has 0 spiro atoms. The summed E-state index contributed by atoms with van der Waals surface area (Å²) in [6.07, 6.45) is 7.83. The molecule has 21 heavy (non-hydrogen) atoms. The molecular weight excluding hydrogens is 270 g/mol. The van der Waals surface area contributed by atoms with Crippen molar-refractivity contribution in [2.24, 2.45) is 0 Å². The van der Waals surface area contributed by atoms with E-state index in [2.05, 4.69) is 25.6 Å². The minimum Gasteiger partial charge on any atom is -0.488 e. The molecular formula is C14H17N5O2. The number of ether oxygens (including phenoxy) is 1. The Hall–Kier alpha value is -2.54. The van der Waals surface area contributed by atoms with E-state index < -0.39 is 0 Å². The first-order valence-electron chi connectivity index (χ1n) is 6.57. The van der Waals surface area contributed by atoms with Crippen molar-refractivity contribution in [3.05, 3.63) is 43.1 Å². The summed E-state index contributed by atoms with van der Waals surface area (Å²) >= 11 is 0. The van der Waals surface area contributed by atoms with Gasteiger partial charge in [-0.15, -0.1) is 0 Å². The summed E-state index contributed by atoms with van der Waals surface area (Å²) in [6.45, 7) is 2.64.